The first-order valence-corrected chi connectivity index (χ1v) is 7.19. The van der Waals surface area contributed by atoms with Gasteiger partial charge in [0, 0.05) is 0 Å². The van der Waals surface area contributed by atoms with Crippen LogP contribution in [0.2, 0.25) is 0 Å². The molecule has 0 saturated carbocycles. The molecule has 23 heavy (non-hydrogen) atoms. The first-order chi connectivity index (χ1) is 11.0. The predicted molar refractivity (Wildman–Crippen MR) is 84.5 cm³/mol. The lowest BCUT2D eigenvalue weighted by Gasteiger charge is -2.07. The number of fused-ring (bicyclic) bond motifs is 1. The van der Waals surface area contributed by atoms with Crippen molar-refractivity contribution in [1.82, 2.24) is 9.97 Å². The first kappa shape index (κ1) is 15.1. The molecule has 5 heteroatoms. The second-order valence-electron chi connectivity index (χ2n) is 5.30. The van der Waals surface area contributed by atoms with Crippen molar-refractivity contribution < 1.29 is 13.9 Å². The van der Waals surface area contributed by atoms with Gasteiger partial charge in [-0.2, -0.15) is 0 Å². The maximum Gasteiger partial charge on any atom is 0.338 e. The van der Waals surface area contributed by atoms with Crippen molar-refractivity contribution in [3.8, 4) is 0 Å². The Balaban J connectivity index is 1.77. The zero-order valence-electron chi connectivity index (χ0n) is 12.8. The van der Waals surface area contributed by atoms with Crippen LogP contribution in [-0.2, 0) is 11.3 Å². The van der Waals surface area contributed by atoms with E-state index in [1.807, 2.05) is 13.8 Å². The maximum absolute atomic E-state index is 12.8. The number of aryl methyl sites for hydroxylation is 2. The van der Waals surface area contributed by atoms with Gasteiger partial charge in [-0.05, 0) is 49.7 Å². The Morgan fingerprint density at radius 1 is 1.00 bits per heavy atom. The molecule has 0 spiro atoms. The Labute approximate surface area is 133 Å². The number of hydrogen-bond donors (Lipinski definition) is 0. The summed E-state index contributed by atoms with van der Waals surface area (Å²) in [7, 11) is 0. The Hall–Kier alpha value is -2.82. The van der Waals surface area contributed by atoms with Gasteiger partial charge in [0.2, 0.25) is 0 Å². The largest absolute Gasteiger partial charge is 0.457 e. The zero-order chi connectivity index (χ0) is 16.4. The molecule has 0 aliphatic heterocycles. The summed E-state index contributed by atoms with van der Waals surface area (Å²) >= 11 is 0. The average molecular weight is 310 g/mol. The van der Waals surface area contributed by atoms with E-state index >= 15 is 0 Å². The smallest absolute Gasteiger partial charge is 0.338 e. The van der Waals surface area contributed by atoms with Crippen molar-refractivity contribution in [3.05, 3.63) is 70.8 Å². The van der Waals surface area contributed by atoms with Crippen LogP contribution in [0.1, 0.15) is 27.3 Å². The van der Waals surface area contributed by atoms with Crippen LogP contribution in [-0.4, -0.2) is 15.9 Å². The monoisotopic (exact) mass is 310 g/mol. The van der Waals surface area contributed by atoms with Crippen molar-refractivity contribution in [3.63, 3.8) is 0 Å². The van der Waals surface area contributed by atoms with Gasteiger partial charge < -0.3 is 4.74 Å². The van der Waals surface area contributed by atoms with Crippen LogP contribution in [0.4, 0.5) is 4.39 Å². The van der Waals surface area contributed by atoms with E-state index in [-0.39, 0.29) is 12.4 Å². The molecule has 0 N–H and O–H groups in total. The van der Waals surface area contributed by atoms with Crippen molar-refractivity contribution >= 4 is 17.0 Å². The van der Waals surface area contributed by atoms with Gasteiger partial charge in [-0.1, -0.05) is 12.1 Å². The van der Waals surface area contributed by atoms with Crippen molar-refractivity contribution in [2.24, 2.45) is 0 Å². The van der Waals surface area contributed by atoms with Crippen molar-refractivity contribution in [2.45, 2.75) is 20.5 Å². The SMILES string of the molecule is Cc1nc2ccc(C(=O)OCc3ccc(F)cc3)cc2nc1C. The molecule has 0 fully saturated rings. The Morgan fingerprint density at radius 3 is 2.35 bits per heavy atom. The molecule has 3 rings (SSSR count). The molecule has 4 nitrogen and oxygen atoms in total. The summed E-state index contributed by atoms with van der Waals surface area (Å²) in [4.78, 5) is 21.0. The van der Waals surface area contributed by atoms with Crippen LogP contribution in [0.25, 0.3) is 11.0 Å². The van der Waals surface area contributed by atoms with Crippen LogP contribution in [0.3, 0.4) is 0 Å². The number of nitrogens with zero attached hydrogens (tertiary/aromatic N) is 2. The van der Waals surface area contributed by atoms with Crippen LogP contribution >= 0.6 is 0 Å². The van der Waals surface area contributed by atoms with E-state index in [0.717, 1.165) is 22.5 Å². The Bertz CT molecular complexity index is 876. The van der Waals surface area contributed by atoms with E-state index in [9.17, 15) is 9.18 Å². The predicted octanol–water partition coefficient (Wildman–Crippen LogP) is 3.74. The van der Waals surface area contributed by atoms with Gasteiger partial charge in [0.05, 0.1) is 28.0 Å². The van der Waals surface area contributed by atoms with Crippen molar-refractivity contribution in [2.75, 3.05) is 0 Å². The highest BCUT2D eigenvalue weighted by molar-refractivity contribution is 5.93. The molecule has 0 amide bonds. The molecule has 0 radical (unpaired) electrons. The van der Waals surface area contributed by atoms with E-state index < -0.39 is 5.97 Å². The molecular weight excluding hydrogens is 295 g/mol. The number of carbonyl (C=O) groups excluding carboxylic acids is 1. The number of benzene rings is 2. The number of esters is 1. The number of carbonyl (C=O) groups is 1. The molecule has 1 aromatic heterocycles. The van der Waals surface area contributed by atoms with Crippen LogP contribution in [0.5, 0.6) is 0 Å². The molecule has 0 aliphatic rings. The molecule has 0 bridgehead atoms. The van der Waals surface area contributed by atoms with E-state index in [4.69, 9.17) is 4.74 Å². The standard InChI is InChI=1S/C18H15FN2O2/c1-11-12(2)21-17-9-14(5-8-16(17)20-11)18(22)23-10-13-3-6-15(19)7-4-13/h3-9H,10H2,1-2H3. The fourth-order valence-corrected chi connectivity index (χ4v) is 2.17. The van der Waals surface area contributed by atoms with Gasteiger partial charge in [0.15, 0.2) is 0 Å². The number of halogens is 1. The summed E-state index contributed by atoms with van der Waals surface area (Å²) in [5, 5.41) is 0. The highest BCUT2D eigenvalue weighted by Crippen LogP contribution is 2.16. The zero-order valence-corrected chi connectivity index (χ0v) is 12.8. The third-order valence-electron chi connectivity index (χ3n) is 3.59. The first-order valence-electron chi connectivity index (χ1n) is 7.19. The van der Waals surface area contributed by atoms with Crippen LogP contribution in [0.15, 0.2) is 42.5 Å². The fraction of sp³-hybridized carbons (Fsp3) is 0.167. The summed E-state index contributed by atoms with van der Waals surface area (Å²) in [6.45, 7) is 3.86. The Kier molecular flexibility index (Phi) is 4.02. The van der Waals surface area contributed by atoms with Gasteiger partial charge in [0.25, 0.3) is 0 Å². The molecule has 116 valence electrons. The maximum atomic E-state index is 12.8. The van der Waals surface area contributed by atoms with Gasteiger partial charge >= 0.3 is 5.97 Å². The lowest BCUT2D eigenvalue weighted by molar-refractivity contribution is 0.0473. The summed E-state index contributed by atoms with van der Waals surface area (Å²) in [5.41, 5.74) is 4.23. The topological polar surface area (TPSA) is 52.1 Å². The lowest BCUT2D eigenvalue weighted by atomic mass is 10.2. The van der Waals surface area contributed by atoms with E-state index in [2.05, 4.69) is 9.97 Å². The fourth-order valence-electron chi connectivity index (χ4n) is 2.17. The molecule has 0 atom stereocenters. The average Bonchev–Trinajstić information content (AvgIpc) is 2.54. The van der Waals surface area contributed by atoms with E-state index in [1.165, 1.54) is 12.1 Å². The number of ether oxygens (including phenoxy) is 1. The van der Waals surface area contributed by atoms with Gasteiger partial charge in [-0.3, -0.25) is 0 Å². The van der Waals surface area contributed by atoms with Crippen LogP contribution < -0.4 is 0 Å². The minimum absolute atomic E-state index is 0.0930. The summed E-state index contributed by atoms with van der Waals surface area (Å²) in [6.07, 6.45) is 0. The molecule has 1 heterocycles. The van der Waals surface area contributed by atoms with Gasteiger partial charge in [-0.25, -0.2) is 19.2 Å². The van der Waals surface area contributed by atoms with Gasteiger partial charge in [-0.15, -0.1) is 0 Å². The normalized spacial score (nSPS) is 10.7. The molecule has 0 saturated heterocycles. The summed E-state index contributed by atoms with van der Waals surface area (Å²) < 4.78 is 18.1. The number of rotatable bonds is 3. The third kappa shape index (κ3) is 3.34. The quantitative estimate of drug-likeness (QED) is 0.691. The molecular formula is C18H15FN2O2. The molecule has 0 unspecified atom stereocenters. The second-order valence-corrected chi connectivity index (χ2v) is 5.30. The number of hydrogen-bond acceptors (Lipinski definition) is 4. The van der Waals surface area contributed by atoms with Crippen molar-refractivity contribution in [1.29, 1.82) is 0 Å². The highest BCUT2D eigenvalue weighted by atomic mass is 19.1. The molecule has 2 aromatic carbocycles. The summed E-state index contributed by atoms with van der Waals surface area (Å²) in [5.74, 6) is -0.768. The highest BCUT2D eigenvalue weighted by Gasteiger charge is 2.10. The van der Waals surface area contributed by atoms with E-state index in [1.54, 1.807) is 30.3 Å². The second kappa shape index (κ2) is 6.12. The summed E-state index contributed by atoms with van der Waals surface area (Å²) in [6, 6.07) is 10.9. The minimum atomic E-state index is -0.448. The molecule has 3 aromatic rings. The van der Waals surface area contributed by atoms with Crippen LogP contribution in [0, 0.1) is 19.7 Å². The lowest BCUT2D eigenvalue weighted by Crippen LogP contribution is -2.06. The van der Waals surface area contributed by atoms with E-state index in [0.29, 0.717) is 11.1 Å². The van der Waals surface area contributed by atoms with Gasteiger partial charge in [0.1, 0.15) is 12.4 Å². The number of aromatic nitrogens is 2. The molecule has 0 aliphatic carbocycles. The minimum Gasteiger partial charge on any atom is -0.457 e. The Morgan fingerprint density at radius 2 is 1.65 bits per heavy atom. The third-order valence-corrected chi connectivity index (χ3v) is 3.59.